The van der Waals surface area contributed by atoms with Crippen LogP contribution in [0.25, 0.3) is 0 Å². The standard InChI is InChI=1S/C14H20ClNO/c1-10(11-4-3-5-12(15)8-11)16-13-6-7-14(9-13)17-2/h3-5,8,10,13-14,16H,6-7,9H2,1-2H3. The maximum Gasteiger partial charge on any atom is 0.0586 e. The summed E-state index contributed by atoms with van der Waals surface area (Å²) in [4.78, 5) is 0. The summed E-state index contributed by atoms with van der Waals surface area (Å²) in [5.41, 5.74) is 1.25. The molecule has 0 amide bonds. The van der Waals surface area contributed by atoms with Gasteiger partial charge < -0.3 is 10.1 Å². The zero-order valence-electron chi connectivity index (χ0n) is 10.4. The Labute approximate surface area is 108 Å². The van der Waals surface area contributed by atoms with Crippen LogP contribution < -0.4 is 5.32 Å². The molecule has 17 heavy (non-hydrogen) atoms. The van der Waals surface area contributed by atoms with Crippen LogP contribution in [0.4, 0.5) is 0 Å². The van der Waals surface area contributed by atoms with Gasteiger partial charge in [-0.05, 0) is 43.9 Å². The number of benzene rings is 1. The lowest BCUT2D eigenvalue weighted by Gasteiger charge is -2.20. The third-order valence-electron chi connectivity index (χ3n) is 3.55. The lowest BCUT2D eigenvalue weighted by Crippen LogP contribution is -2.29. The Kier molecular flexibility index (Phi) is 4.43. The van der Waals surface area contributed by atoms with Gasteiger partial charge >= 0.3 is 0 Å². The summed E-state index contributed by atoms with van der Waals surface area (Å²) >= 11 is 6.00. The molecular weight excluding hydrogens is 234 g/mol. The van der Waals surface area contributed by atoms with E-state index in [4.69, 9.17) is 16.3 Å². The molecule has 0 saturated heterocycles. The van der Waals surface area contributed by atoms with Gasteiger partial charge in [-0.3, -0.25) is 0 Å². The van der Waals surface area contributed by atoms with Crippen molar-refractivity contribution < 1.29 is 4.74 Å². The van der Waals surface area contributed by atoms with E-state index in [2.05, 4.69) is 18.3 Å². The maximum absolute atomic E-state index is 6.00. The molecule has 94 valence electrons. The van der Waals surface area contributed by atoms with Gasteiger partial charge in [0.05, 0.1) is 6.10 Å². The van der Waals surface area contributed by atoms with E-state index in [1.807, 2.05) is 18.2 Å². The summed E-state index contributed by atoms with van der Waals surface area (Å²) in [5.74, 6) is 0. The van der Waals surface area contributed by atoms with Gasteiger partial charge in [0.25, 0.3) is 0 Å². The Hall–Kier alpha value is -0.570. The maximum atomic E-state index is 6.00. The molecule has 1 aromatic carbocycles. The lowest BCUT2D eigenvalue weighted by molar-refractivity contribution is 0.106. The molecule has 1 aromatic rings. The smallest absolute Gasteiger partial charge is 0.0586 e. The number of hydrogen-bond acceptors (Lipinski definition) is 2. The monoisotopic (exact) mass is 253 g/mol. The zero-order valence-corrected chi connectivity index (χ0v) is 11.2. The van der Waals surface area contributed by atoms with E-state index in [1.165, 1.54) is 12.0 Å². The first-order valence-electron chi connectivity index (χ1n) is 6.23. The number of ether oxygens (including phenoxy) is 1. The number of nitrogens with one attached hydrogen (secondary N) is 1. The van der Waals surface area contributed by atoms with Gasteiger partial charge in [0.15, 0.2) is 0 Å². The van der Waals surface area contributed by atoms with E-state index in [0.29, 0.717) is 18.2 Å². The average molecular weight is 254 g/mol. The van der Waals surface area contributed by atoms with Gasteiger partial charge in [0.1, 0.15) is 0 Å². The largest absolute Gasteiger partial charge is 0.381 e. The first-order valence-corrected chi connectivity index (χ1v) is 6.61. The second kappa shape index (κ2) is 5.85. The average Bonchev–Trinajstić information content (AvgIpc) is 2.77. The van der Waals surface area contributed by atoms with Crippen molar-refractivity contribution in [3.8, 4) is 0 Å². The predicted molar refractivity (Wildman–Crippen MR) is 71.4 cm³/mol. The minimum absolute atomic E-state index is 0.342. The molecule has 0 bridgehead atoms. The van der Waals surface area contributed by atoms with E-state index in [9.17, 15) is 0 Å². The third-order valence-corrected chi connectivity index (χ3v) is 3.79. The highest BCUT2D eigenvalue weighted by atomic mass is 35.5. The molecule has 0 heterocycles. The Morgan fingerprint density at radius 1 is 1.41 bits per heavy atom. The van der Waals surface area contributed by atoms with E-state index in [1.54, 1.807) is 7.11 Å². The van der Waals surface area contributed by atoms with Gasteiger partial charge in [-0.1, -0.05) is 23.7 Å². The lowest BCUT2D eigenvalue weighted by atomic mass is 10.1. The Bertz CT molecular complexity index is 369. The highest BCUT2D eigenvalue weighted by Gasteiger charge is 2.25. The van der Waals surface area contributed by atoms with Gasteiger partial charge in [0.2, 0.25) is 0 Å². The zero-order chi connectivity index (χ0) is 12.3. The molecule has 2 nitrogen and oxygen atoms in total. The van der Waals surface area contributed by atoms with Crippen molar-refractivity contribution in [2.45, 2.75) is 44.4 Å². The minimum atomic E-state index is 0.342. The first kappa shape index (κ1) is 12.9. The third kappa shape index (κ3) is 3.44. The van der Waals surface area contributed by atoms with Crippen LogP contribution in [0.15, 0.2) is 24.3 Å². The van der Waals surface area contributed by atoms with E-state index >= 15 is 0 Å². The highest BCUT2D eigenvalue weighted by Crippen LogP contribution is 2.25. The van der Waals surface area contributed by atoms with Crippen LogP contribution in [0.5, 0.6) is 0 Å². The molecule has 0 aromatic heterocycles. The molecule has 3 atom stereocenters. The number of hydrogen-bond donors (Lipinski definition) is 1. The molecule has 0 aliphatic heterocycles. The van der Waals surface area contributed by atoms with E-state index < -0.39 is 0 Å². The summed E-state index contributed by atoms with van der Waals surface area (Å²) in [7, 11) is 1.80. The molecule has 1 N–H and O–H groups in total. The SMILES string of the molecule is COC1CCC(NC(C)c2cccc(Cl)c2)C1. The molecule has 3 unspecified atom stereocenters. The summed E-state index contributed by atoms with van der Waals surface area (Å²) in [5, 5.41) is 4.45. The Balaban J connectivity index is 1.91. The normalized spacial score (nSPS) is 26.1. The van der Waals surface area contributed by atoms with Crippen LogP contribution in [0.1, 0.15) is 37.8 Å². The van der Waals surface area contributed by atoms with Crippen LogP contribution >= 0.6 is 11.6 Å². The fourth-order valence-corrected chi connectivity index (χ4v) is 2.73. The van der Waals surface area contributed by atoms with Crippen LogP contribution in [-0.4, -0.2) is 19.3 Å². The molecule has 0 radical (unpaired) electrons. The van der Waals surface area contributed by atoms with Crippen molar-refractivity contribution in [3.05, 3.63) is 34.9 Å². The predicted octanol–water partition coefficient (Wildman–Crippen LogP) is 3.56. The minimum Gasteiger partial charge on any atom is -0.381 e. The molecule has 1 aliphatic carbocycles. The van der Waals surface area contributed by atoms with Crippen molar-refractivity contribution in [2.24, 2.45) is 0 Å². The Morgan fingerprint density at radius 2 is 2.24 bits per heavy atom. The van der Waals surface area contributed by atoms with Gasteiger partial charge in [-0.15, -0.1) is 0 Å². The van der Waals surface area contributed by atoms with E-state index in [0.717, 1.165) is 17.9 Å². The number of halogens is 1. The fourth-order valence-electron chi connectivity index (χ4n) is 2.53. The summed E-state index contributed by atoms with van der Waals surface area (Å²) in [6.45, 7) is 2.19. The van der Waals surface area contributed by atoms with Crippen LogP contribution in [0, 0.1) is 0 Å². The van der Waals surface area contributed by atoms with Gasteiger partial charge in [0, 0.05) is 24.2 Å². The molecule has 1 aliphatic rings. The molecule has 1 fully saturated rings. The molecular formula is C14H20ClNO. The van der Waals surface area contributed by atoms with E-state index in [-0.39, 0.29) is 0 Å². The van der Waals surface area contributed by atoms with Crippen molar-refractivity contribution in [2.75, 3.05) is 7.11 Å². The number of methoxy groups -OCH3 is 1. The topological polar surface area (TPSA) is 21.3 Å². The second-order valence-electron chi connectivity index (χ2n) is 4.81. The molecule has 2 rings (SSSR count). The Morgan fingerprint density at radius 3 is 2.88 bits per heavy atom. The first-order chi connectivity index (χ1) is 8.19. The molecule has 1 saturated carbocycles. The highest BCUT2D eigenvalue weighted by molar-refractivity contribution is 6.30. The molecule has 3 heteroatoms. The summed E-state index contributed by atoms with van der Waals surface area (Å²) in [6, 6.07) is 8.97. The quantitative estimate of drug-likeness (QED) is 0.886. The van der Waals surface area contributed by atoms with Crippen LogP contribution in [0.3, 0.4) is 0 Å². The van der Waals surface area contributed by atoms with Crippen LogP contribution in [-0.2, 0) is 4.74 Å². The van der Waals surface area contributed by atoms with Crippen molar-refractivity contribution in [1.29, 1.82) is 0 Å². The van der Waals surface area contributed by atoms with Gasteiger partial charge in [-0.25, -0.2) is 0 Å². The van der Waals surface area contributed by atoms with Crippen molar-refractivity contribution in [3.63, 3.8) is 0 Å². The number of rotatable bonds is 4. The molecule has 0 spiro atoms. The second-order valence-corrected chi connectivity index (χ2v) is 5.25. The van der Waals surface area contributed by atoms with Gasteiger partial charge in [-0.2, -0.15) is 0 Å². The fraction of sp³-hybridized carbons (Fsp3) is 0.571. The van der Waals surface area contributed by atoms with Crippen molar-refractivity contribution in [1.82, 2.24) is 5.32 Å². The van der Waals surface area contributed by atoms with Crippen LogP contribution in [0.2, 0.25) is 5.02 Å². The van der Waals surface area contributed by atoms with Crippen molar-refractivity contribution >= 4 is 11.6 Å². The summed E-state index contributed by atoms with van der Waals surface area (Å²) in [6.07, 6.45) is 3.90. The summed E-state index contributed by atoms with van der Waals surface area (Å²) < 4.78 is 5.39.